The molecule has 216 valence electrons. The van der Waals surface area contributed by atoms with E-state index >= 15 is 0 Å². The van der Waals surface area contributed by atoms with Gasteiger partial charge in [-0.1, -0.05) is 95.8 Å². The van der Waals surface area contributed by atoms with Gasteiger partial charge in [0.05, 0.1) is 13.2 Å². The minimum Gasteiger partial charge on any atom is -0.494 e. The van der Waals surface area contributed by atoms with Crippen LogP contribution in [0.25, 0.3) is 33.0 Å². The van der Waals surface area contributed by atoms with Gasteiger partial charge in [-0.15, -0.1) is 0 Å². The maximum atomic E-state index is 6.66. The quantitative estimate of drug-likeness (QED) is 0.121. The summed E-state index contributed by atoms with van der Waals surface area (Å²) in [5, 5.41) is 2.49. The molecule has 5 rings (SSSR count). The van der Waals surface area contributed by atoms with E-state index in [9.17, 15) is 0 Å². The maximum Gasteiger partial charge on any atom is 0.127 e. The van der Waals surface area contributed by atoms with Crippen LogP contribution in [0.5, 0.6) is 11.5 Å². The number of aryl methyl sites for hydroxylation is 1. The molecule has 0 N–H and O–H groups in total. The Morgan fingerprint density at radius 3 is 2.12 bits per heavy atom. The van der Waals surface area contributed by atoms with Gasteiger partial charge in [-0.3, -0.25) is 0 Å². The lowest BCUT2D eigenvalue weighted by Gasteiger charge is -2.24. The Bertz CT molecular complexity index is 1460. The molecule has 1 aliphatic carbocycles. The summed E-state index contributed by atoms with van der Waals surface area (Å²) in [6.07, 6.45) is 12.4. The smallest absolute Gasteiger partial charge is 0.127 e. The third kappa shape index (κ3) is 6.32. The van der Waals surface area contributed by atoms with Crippen LogP contribution in [0.15, 0.2) is 60.7 Å². The van der Waals surface area contributed by atoms with E-state index < -0.39 is 0 Å². The standard InChI is InChI=1S/C39H48O2/c1-5-9-15-30-25-35-32-18-14-13-16-29(32)26-36(35)38(33(30)17-10-6-2)39-34-27-31(40-23-11-7-3)21-19-28(34)20-22-37(39)41-24-12-8-4/h13-14,16,18-22,25,27H,5-12,15,17,23-24,26H2,1-4H3. The summed E-state index contributed by atoms with van der Waals surface area (Å²) in [6.45, 7) is 10.6. The fraction of sp³-hybridized carbons (Fsp3) is 0.436. The molecule has 1 aliphatic rings. The van der Waals surface area contributed by atoms with Crippen LogP contribution in [-0.4, -0.2) is 13.2 Å². The van der Waals surface area contributed by atoms with Gasteiger partial charge in [0, 0.05) is 5.56 Å². The molecule has 0 spiro atoms. The first-order chi connectivity index (χ1) is 20.2. The normalized spacial score (nSPS) is 12.0. The Morgan fingerprint density at radius 2 is 1.34 bits per heavy atom. The van der Waals surface area contributed by atoms with Gasteiger partial charge in [0.2, 0.25) is 0 Å². The summed E-state index contributed by atoms with van der Waals surface area (Å²) >= 11 is 0. The highest BCUT2D eigenvalue weighted by atomic mass is 16.5. The molecule has 0 atom stereocenters. The molecule has 0 unspecified atom stereocenters. The van der Waals surface area contributed by atoms with Gasteiger partial charge in [0.15, 0.2) is 0 Å². The molecule has 4 aromatic carbocycles. The SMILES string of the molecule is CCCCOc1ccc2ccc(OCCCC)c(-c3c(CCCC)c(CCCC)cc4c3Cc3ccccc3-4)c2c1. The van der Waals surface area contributed by atoms with Crippen LogP contribution in [0.4, 0.5) is 0 Å². The summed E-state index contributed by atoms with van der Waals surface area (Å²) in [4.78, 5) is 0. The zero-order valence-electron chi connectivity index (χ0n) is 25.8. The van der Waals surface area contributed by atoms with Crippen LogP contribution in [-0.2, 0) is 19.3 Å². The Labute approximate surface area is 248 Å². The van der Waals surface area contributed by atoms with Gasteiger partial charge in [-0.2, -0.15) is 0 Å². The molecule has 4 aromatic rings. The van der Waals surface area contributed by atoms with Gasteiger partial charge in [-0.25, -0.2) is 0 Å². The summed E-state index contributed by atoms with van der Waals surface area (Å²) in [7, 11) is 0. The molecule has 41 heavy (non-hydrogen) atoms. The fourth-order valence-corrected chi connectivity index (χ4v) is 6.32. The van der Waals surface area contributed by atoms with Crippen molar-refractivity contribution in [2.45, 2.75) is 98.3 Å². The van der Waals surface area contributed by atoms with Crippen molar-refractivity contribution in [2.75, 3.05) is 13.2 Å². The van der Waals surface area contributed by atoms with Crippen molar-refractivity contribution >= 4 is 10.8 Å². The number of hydrogen-bond acceptors (Lipinski definition) is 2. The average molecular weight is 549 g/mol. The molecule has 0 amide bonds. The van der Waals surface area contributed by atoms with E-state index in [1.54, 1.807) is 0 Å². The highest BCUT2D eigenvalue weighted by Crippen LogP contribution is 2.49. The molecule has 0 fully saturated rings. The predicted octanol–water partition coefficient (Wildman–Crippen LogP) is 11.1. The molecule has 2 heteroatoms. The fourth-order valence-electron chi connectivity index (χ4n) is 6.32. The number of hydrogen-bond donors (Lipinski definition) is 0. The second kappa shape index (κ2) is 14.1. The number of ether oxygens (including phenoxy) is 2. The van der Waals surface area contributed by atoms with Crippen molar-refractivity contribution in [3.05, 3.63) is 82.9 Å². The largest absolute Gasteiger partial charge is 0.494 e. The zero-order chi connectivity index (χ0) is 28.6. The lowest BCUT2D eigenvalue weighted by atomic mass is 9.82. The topological polar surface area (TPSA) is 18.5 Å². The first kappa shape index (κ1) is 29.2. The van der Waals surface area contributed by atoms with E-state index in [-0.39, 0.29) is 0 Å². The van der Waals surface area contributed by atoms with Crippen molar-refractivity contribution in [3.63, 3.8) is 0 Å². The molecule has 0 saturated carbocycles. The van der Waals surface area contributed by atoms with E-state index in [0.29, 0.717) is 0 Å². The van der Waals surface area contributed by atoms with Crippen molar-refractivity contribution in [1.82, 2.24) is 0 Å². The Balaban J connectivity index is 1.81. The van der Waals surface area contributed by atoms with Gasteiger partial charge in [0.1, 0.15) is 11.5 Å². The molecule has 0 aliphatic heterocycles. The summed E-state index contributed by atoms with van der Waals surface area (Å²) in [5.41, 5.74) is 11.5. The van der Waals surface area contributed by atoms with Crippen molar-refractivity contribution in [1.29, 1.82) is 0 Å². The zero-order valence-corrected chi connectivity index (χ0v) is 25.8. The highest BCUT2D eigenvalue weighted by molar-refractivity contribution is 6.04. The van der Waals surface area contributed by atoms with Gasteiger partial charge in [0.25, 0.3) is 0 Å². The molecule has 0 bridgehead atoms. The van der Waals surface area contributed by atoms with E-state index in [0.717, 1.165) is 69.7 Å². The predicted molar refractivity (Wildman–Crippen MR) is 176 cm³/mol. The first-order valence-electron chi connectivity index (χ1n) is 16.3. The Hall–Kier alpha value is -3.26. The van der Waals surface area contributed by atoms with E-state index in [1.807, 2.05) is 0 Å². The van der Waals surface area contributed by atoms with Gasteiger partial charge >= 0.3 is 0 Å². The molecule has 0 heterocycles. The first-order valence-corrected chi connectivity index (χ1v) is 16.3. The Kier molecular flexibility index (Phi) is 10.0. The third-order valence-corrected chi connectivity index (χ3v) is 8.62. The lowest BCUT2D eigenvalue weighted by Crippen LogP contribution is -2.06. The van der Waals surface area contributed by atoms with Crippen LogP contribution in [0.1, 0.15) is 101 Å². The highest BCUT2D eigenvalue weighted by Gasteiger charge is 2.28. The molecule has 0 radical (unpaired) electrons. The van der Waals surface area contributed by atoms with Gasteiger partial charge < -0.3 is 9.47 Å². The number of unbranched alkanes of at least 4 members (excludes halogenated alkanes) is 4. The molecule has 2 nitrogen and oxygen atoms in total. The molecular weight excluding hydrogens is 500 g/mol. The summed E-state index contributed by atoms with van der Waals surface area (Å²) in [6, 6.07) is 22.7. The minimum atomic E-state index is 0.740. The lowest BCUT2D eigenvalue weighted by molar-refractivity contribution is 0.309. The van der Waals surface area contributed by atoms with Crippen molar-refractivity contribution in [3.8, 4) is 33.8 Å². The van der Waals surface area contributed by atoms with Gasteiger partial charge in [-0.05, 0) is 113 Å². The number of benzene rings is 4. The van der Waals surface area contributed by atoms with E-state index in [1.165, 1.54) is 81.0 Å². The van der Waals surface area contributed by atoms with Crippen LogP contribution < -0.4 is 9.47 Å². The molecular formula is C39H48O2. The van der Waals surface area contributed by atoms with Crippen molar-refractivity contribution in [2.24, 2.45) is 0 Å². The minimum absolute atomic E-state index is 0.740. The molecule has 0 aromatic heterocycles. The third-order valence-electron chi connectivity index (χ3n) is 8.62. The number of rotatable bonds is 15. The Morgan fingerprint density at radius 1 is 0.634 bits per heavy atom. The number of fused-ring (bicyclic) bond motifs is 4. The molecule has 0 saturated heterocycles. The monoisotopic (exact) mass is 548 g/mol. The van der Waals surface area contributed by atoms with Crippen LogP contribution in [0.3, 0.4) is 0 Å². The maximum absolute atomic E-state index is 6.66. The van der Waals surface area contributed by atoms with Crippen LogP contribution >= 0.6 is 0 Å². The summed E-state index contributed by atoms with van der Waals surface area (Å²) < 4.78 is 12.9. The van der Waals surface area contributed by atoms with Crippen LogP contribution in [0.2, 0.25) is 0 Å². The second-order valence-electron chi connectivity index (χ2n) is 11.7. The van der Waals surface area contributed by atoms with Crippen LogP contribution in [0, 0.1) is 0 Å². The summed E-state index contributed by atoms with van der Waals surface area (Å²) in [5.74, 6) is 1.97. The van der Waals surface area contributed by atoms with Crippen molar-refractivity contribution < 1.29 is 9.47 Å². The second-order valence-corrected chi connectivity index (χ2v) is 11.7. The van der Waals surface area contributed by atoms with E-state index in [2.05, 4.69) is 88.4 Å². The average Bonchev–Trinajstić information content (AvgIpc) is 3.37. The van der Waals surface area contributed by atoms with E-state index in [4.69, 9.17) is 9.47 Å².